The summed E-state index contributed by atoms with van der Waals surface area (Å²) in [5.74, 6) is 0.174. The molecule has 1 aliphatic heterocycles. The summed E-state index contributed by atoms with van der Waals surface area (Å²) in [4.78, 5) is 13.8. The largest absolute Gasteiger partial charge is 0.339 e. The highest BCUT2D eigenvalue weighted by atomic mass is 16.2. The van der Waals surface area contributed by atoms with Gasteiger partial charge in [0.15, 0.2) is 0 Å². The van der Waals surface area contributed by atoms with Crippen LogP contribution in [-0.2, 0) is 4.79 Å². The zero-order chi connectivity index (χ0) is 18.7. The van der Waals surface area contributed by atoms with Crippen LogP contribution in [0, 0.1) is 0 Å². The molecular weight excluding hydrogens is 318 g/mol. The van der Waals surface area contributed by atoms with Crippen molar-refractivity contribution in [2.45, 2.75) is 110 Å². The van der Waals surface area contributed by atoms with Crippen LogP contribution >= 0.6 is 0 Å². The second-order valence-corrected chi connectivity index (χ2v) is 7.85. The summed E-state index contributed by atoms with van der Waals surface area (Å²) in [5, 5.41) is 0. The van der Waals surface area contributed by atoms with Crippen molar-refractivity contribution in [3.05, 3.63) is 24.3 Å². The number of amides is 1. The van der Waals surface area contributed by atoms with Crippen LogP contribution in [0.15, 0.2) is 24.3 Å². The maximum absolute atomic E-state index is 11.8. The predicted molar refractivity (Wildman–Crippen MR) is 114 cm³/mol. The summed E-state index contributed by atoms with van der Waals surface area (Å²) in [5.41, 5.74) is 0. The Morgan fingerprint density at radius 2 is 1.23 bits per heavy atom. The molecule has 2 heteroatoms. The van der Waals surface area contributed by atoms with Gasteiger partial charge in [-0.25, -0.2) is 0 Å². The van der Waals surface area contributed by atoms with E-state index in [-0.39, 0.29) is 5.91 Å². The normalized spacial score (nSPS) is 14.9. The average molecular weight is 362 g/mol. The lowest BCUT2D eigenvalue weighted by Gasteiger charge is -2.11. The van der Waals surface area contributed by atoms with Gasteiger partial charge in [-0.1, -0.05) is 102 Å². The fourth-order valence-electron chi connectivity index (χ4n) is 3.64. The Bertz CT molecular complexity index is 380. The Hall–Kier alpha value is -1.05. The van der Waals surface area contributed by atoms with Crippen molar-refractivity contribution >= 4 is 5.91 Å². The molecule has 150 valence electrons. The minimum absolute atomic E-state index is 0.174. The van der Waals surface area contributed by atoms with E-state index >= 15 is 0 Å². The number of rotatable bonds is 16. The van der Waals surface area contributed by atoms with Crippen molar-refractivity contribution in [3.8, 4) is 0 Å². The van der Waals surface area contributed by atoms with E-state index in [1.807, 2.05) is 17.1 Å². The number of likely N-dealkylation sites (tertiary alicyclic amines) is 1. The topological polar surface area (TPSA) is 20.3 Å². The molecule has 1 rings (SSSR count). The van der Waals surface area contributed by atoms with Crippen LogP contribution in [0.5, 0.6) is 0 Å². The van der Waals surface area contributed by atoms with Crippen LogP contribution in [0.2, 0.25) is 0 Å². The van der Waals surface area contributed by atoms with Crippen molar-refractivity contribution < 1.29 is 4.79 Å². The van der Waals surface area contributed by atoms with Crippen molar-refractivity contribution in [3.63, 3.8) is 0 Å². The molecule has 1 aliphatic rings. The fourth-order valence-corrected chi connectivity index (χ4v) is 3.64. The summed E-state index contributed by atoms with van der Waals surface area (Å²) in [7, 11) is 0. The molecule has 26 heavy (non-hydrogen) atoms. The van der Waals surface area contributed by atoms with Gasteiger partial charge in [0.25, 0.3) is 0 Å². The van der Waals surface area contributed by atoms with E-state index in [9.17, 15) is 4.79 Å². The van der Waals surface area contributed by atoms with E-state index in [2.05, 4.69) is 13.0 Å². The molecule has 0 atom stereocenters. The van der Waals surface area contributed by atoms with Crippen LogP contribution in [0.25, 0.3) is 0 Å². The Balaban J connectivity index is 1.79. The molecule has 0 unspecified atom stereocenters. The molecule has 0 aliphatic carbocycles. The lowest BCUT2D eigenvalue weighted by atomic mass is 10.0. The first-order valence-electron chi connectivity index (χ1n) is 11.5. The van der Waals surface area contributed by atoms with Gasteiger partial charge < -0.3 is 4.90 Å². The molecule has 0 aromatic heterocycles. The molecule has 0 bridgehead atoms. The Kier molecular flexibility index (Phi) is 15.4. The molecule has 1 heterocycles. The van der Waals surface area contributed by atoms with Gasteiger partial charge in [0.1, 0.15) is 0 Å². The maximum Gasteiger partial charge on any atom is 0.246 e. The van der Waals surface area contributed by atoms with Gasteiger partial charge in [-0.3, -0.25) is 4.79 Å². The molecule has 1 saturated heterocycles. The summed E-state index contributed by atoms with van der Waals surface area (Å²) in [6.45, 7) is 4.16. The molecule has 0 aromatic rings. The average Bonchev–Trinajstić information content (AvgIpc) is 3.19. The molecular formula is C24H43NO. The van der Waals surface area contributed by atoms with Crippen molar-refractivity contribution in [2.24, 2.45) is 0 Å². The van der Waals surface area contributed by atoms with Gasteiger partial charge in [0, 0.05) is 19.2 Å². The molecule has 0 spiro atoms. The van der Waals surface area contributed by atoms with Crippen LogP contribution in [0.3, 0.4) is 0 Å². The Morgan fingerprint density at radius 1 is 0.731 bits per heavy atom. The number of hydrogen-bond donors (Lipinski definition) is 0. The lowest BCUT2D eigenvalue weighted by molar-refractivity contribution is -0.124. The van der Waals surface area contributed by atoms with Crippen LogP contribution < -0.4 is 0 Å². The Labute approximate surface area is 163 Å². The number of carbonyl (C=O) groups is 1. The van der Waals surface area contributed by atoms with E-state index in [0.29, 0.717) is 0 Å². The molecule has 0 radical (unpaired) electrons. The van der Waals surface area contributed by atoms with Gasteiger partial charge in [-0.05, 0) is 25.7 Å². The standard InChI is InChI=1S/C24H43NO/c1-2-3-4-5-6-7-8-9-10-11-12-13-14-15-16-17-18-21-24(26)25-22-19-20-23-25/h16-18,21H,2-15,19-20,22-23H2,1H3/b17-16+,21-18-. The fraction of sp³-hybridized carbons (Fsp3) is 0.792. The molecule has 1 fully saturated rings. The molecule has 0 aromatic carbocycles. The van der Waals surface area contributed by atoms with Gasteiger partial charge in [0.05, 0.1) is 0 Å². The number of allylic oxidation sites excluding steroid dienone is 3. The van der Waals surface area contributed by atoms with Crippen LogP contribution in [0.1, 0.15) is 110 Å². The Morgan fingerprint density at radius 3 is 1.77 bits per heavy atom. The van der Waals surface area contributed by atoms with Crippen molar-refractivity contribution in [1.29, 1.82) is 0 Å². The van der Waals surface area contributed by atoms with Gasteiger partial charge in [-0.2, -0.15) is 0 Å². The zero-order valence-electron chi connectivity index (χ0n) is 17.4. The van der Waals surface area contributed by atoms with E-state index in [1.165, 1.54) is 83.5 Å². The van der Waals surface area contributed by atoms with Crippen molar-refractivity contribution in [2.75, 3.05) is 13.1 Å². The highest BCUT2D eigenvalue weighted by molar-refractivity contribution is 5.88. The summed E-state index contributed by atoms with van der Waals surface area (Å²) >= 11 is 0. The first-order valence-corrected chi connectivity index (χ1v) is 11.5. The summed E-state index contributed by atoms with van der Waals surface area (Å²) in [6.07, 6.45) is 29.6. The minimum Gasteiger partial charge on any atom is -0.339 e. The molecule has 0 saturated carbocycles. The second-order valence-electron chi connectivity index (χ2n) is 7.85. The van der Waals surface area contributed by atoms with Crippen molar-refractivity contribution in [1.82, 2.24) is 4.90 Å². The number of hydrogen-bond acceptors (Lipinski definition) is 1. The smallest absolute Gasteiger partial charge is 0.246 e. The van der Waals surface area contributed by atoms with E-state index < -0.39 is 0 Å². The van der Waals surface area contributed by atoms with E-state index in [1.54, 1.807) is 6.08 Å². The predicted octanol–water partition coefficient (Wildman–Crippen LogP) is 7.20. The van der Waals surface area contributed by atoms with Gasteiger partial charge >= 0.3 is 0 Å². The van der Waals surface area contributed by atoms with E-state index in [4.69, 9.17) is 0 Å². The first kappa shape index (κ1) is 23.0. The van der Waals surface area contributed by atoms with E-state index in [0.717, 1.165) is 32.4 Å². The number of unbranched alkanes of at least 4 members (excludes halogenated alkanes) is 13. The first-order chi connectivity index (χ1) is 12.8. The maximum atomic E-state index is 11.8. The van der Waals surface area contributed by atoms with Gasteiger partial charge in [0.2, 0.25) is 5.91 Å². The highest BCUT2D eigenvalue weighted by Crippen LogP contribution is 2.13. The molecule has 1 amide bonds. The third-order valence-electron chi connectivity index (χ3n) is 5.38. The third-order valence-corrected chi connectivity index (χ3v) is 5.38. The third kappa shape index (κ3) is 13.2. The summed E-state index contributed by atoms with van der Waals surface area (Å²) in [6, 6.07) is 0. The summed E-state index contributed by atoms with van der Waals surface area (Å²) < 4.78 is 0. The minimum atomic E-state index is 0.174. The second kappa shape index (κ2) is 17.4. The number of carbonyl (C=O) groups excluding carboxylic acids is 1. The SMILES string of the molecule is CCCCCCCCCCCCCCC/C=C/C=C\C(=O)N1CCCC1. The van der Waals surface area contributed by atoms with Gasteiger partial charge in [-0.15, -0.1) is 0 Å². The lowest BCUT2D eigenvalue weighted by Crippen LogP contribution is -2.25. The quantitative estimate of drug-likeness (QED) is 0.162. The van der Waals surface area contributed by atoms with Crippen LogP contribution in [-0.4, -0.2) is 23.9 Å². The monoisotopic (exact) mass is 361 g/mol. The zero-order valence-corrected chi connectivity index (χ0v) is 17.4. The number of nitrogens with zero attached hydrogens (tertiary/aromatic N) is 1. The molecule has 0 N–H and O–H groups in total. The molecule has 2 nitrogen and oxygen atoms in total. The highest BCUT2D eigenvalue weighted by Gasteiger charge is 2.14. The van der Waals surface area contributed by atoms with Crippen LogP contribution in [0.4, 0.5) is 0 Å².